The molecule has 1 heterocycles. The highest BCUT2D eigenvalue weighted by atomic mass is 16.5. The minimum absolute atomic E-state index is 0.158. The molecule has 4 nitrogen and oxygen atoms in total. The molecule has 1 saturated heterocycles. The lowest BCUT2D eigenvalue weighted by Crippen LogP contribution is -2.37. The lowest BCUT2D eigenvalue weighted by molar-refractivity contribution is -0.111. The van der Waals surface area contributed by atoms with Gasteiger partial charge in [-0.2, -0.15) is 0 Å². The molecule has 0 amide bonds. The summed E-state index contributed by atoms with van der Waals surface area (Å²) >= 11 is 0. The fraction of sp³-hybridized carbons (Fsp3) is 0.625. The number of likely N-dealkylation sites (tertiary alicyclic amines) is 1. The summed E-state index contributed by atoms with van der Waals surface area (Å²) < 4.78 is 11.3. The fourth-order valence-electron chi connectivity index (χ4n) is 4.45. The van der Waals surface area contributed by atoms with E-state index >= 15 is 0 Å². The minimum atomic E-state index is 0.158. The maximum atomic E-state index is 12.2. The topological polar surface area (TPSA) is 38.8 Å². The Bertz CT molecular complexity index is 689. The third-order valence-corrected chi connectivity index (χ3v) is 6.01. The zero-order valence-corrected chi connectivity index (χ0v) is 17.7. The molecule has 0 spiro atoms. The van der Waals surface area contributed by atoms with Gasteiger partial charge in [-0.1, -0.05) is 19.1 Å². The molecule has 2 aliphatic rings. The zero-order chi connectivity index (χ0) is 19.9. The predicted octanol–water partition coefficient (Wildman–Crippen LogP) is 4.51. The van der Waals surface area contributed by atoms with Crippen molar-refractivity contribution in [3.8, 4) is 5.75 Å². The second-order valence-electron chi connectivity index (χ2n) is 8.18. The Kier molecular flexibility index (Phi) is 7.69. The van der Waals surface area contributed by atoms with E-state index in [-0.39, 0.29) is 5.78 Å². The third kappa shape index (κ3) is 5.45. The maximum absolute atomic E-state index is 12.2. The molecule has 1 aliphatic heterocycles. The molecule has 1 aromatic rings. The van der Waals surface area contributed by atoms with Crippen LogP contribution in [0.4, 0.5) is 0 Å². The number of hydrogen-bond donors (Lipinski definition) is 0. The quantitative estimate of drug-likeness (QED) is 0.627. The number of rotatable bonds is 9. The Morgan fingerprint density at radius 1 is 1.25 bits per heavy atom. The number of nitrogens with zero attached hydrogens (tertiary/aromatic N) is 1. The summed E-state index contributed by atoms with van der Waals surface area (Å²) in [6, 6.07) is 6.07. The van der Waals surface area contributed by atoms with Crippen LogP contribution in [-0.2, 0) is 16.0 Å². The highest BCUT2D eigenvalue weighted by molar-refractivity contribution is 6.20. The lowest BCUT2D eigenvalue weighted by atomic mass is 9.81. The first-order chi connectivity index (χ1) is 13.6. The van der Waals surface area contributed by atoms with Gasteiger partial charge >= 0.3 is 0 Å². The summed E-state index contributed by atoms with van der Waals surface area (Å²) in [6.07, 6.45) is 9.38. The highest BCUT2D eigenvalue weighted by Crippen LogP contribution is 2.34. The monoisotopic (exact) mass is 385 g/mol. The minimum Gasteiger partial charge on any atom is -0.497 e. The van der Waals surface area contributed by atoms with Gasteiger partial charge in [0.15, 0.2) is 5.78 Å². The number of ketones is 1. The number of benzene rings is 1. The molecule has 3 rings (SSSR count). The van der Waals surface area contributed by atoms with Gasteiger partial charge in [0.05, 0.1) is 13.2 Å². The Balaban J connectivity index is 1.51. The predicted molar refractivity (Wildman–Crippen MR) is 114 cm³/mol. The molecule has 154 valence electrons. The maximum Gasteiger partial charge on any atom is 0.160 e. The summed E-state index contributed by atoms with van der Waals surface area (Å²) in [5, 5.41) is 0. The van der Waals surface area contributed by atoms with Crippen LogP contribution in [0.25, 0.3) is 5.57 Å². The van der Waals surface area contributed by atoms with Crippen molar-refractivity contribution in [2.75, 3.05) is 33.4 Å². The van der Waals surface area contributed by atoms with E-state index < -0.39 is 0 Å². The van der Waals surface area contributed by atoms with Crippen molar-refractivity contribution >= 4 is 11.4 Å². The van der Waals surface area contributed by atoms with Crippen molar-refractivity contribution in [2.24, 2.45) is 5.92 Å². The molecular formula is C24H35NO3. The van der Waals surface area contributed by atoms with Crippen LogP contribution in [-0.4, -0.2) is 50.1 Å². The number of allylic oxidation sites excluding steroid dienone is 2. The van der Waals surface area contributed by atoms with Crippen molar-refractivity contribution in [3.05, 3.63) is 35.4 Å². The standard InChI is InChI=1S/C24H35NO3/c1-4-14-28-21-9-12-25(13-10-21)11-5-6-19-15-20-17-22(27-3)7-8-23(20)24(16-19)18(2)26/h7-8,16-17,19,21H,4-6,9-15H2,1-3H3/t19-/m0/s1. The average molecular weight is 386 g/mol. The molecule has 0 radical (unpaired) electrons. The molecule has 0 unspecified atom stereocenters. The van der Waals surface area contributed by atoms with Gasteiger partial charge < -0.3 is 14.4 Å². The van der Waals surface area contributed by atoms with Gasteiger partial charge in [0, 0.05) is 25.3 Å². The number of hydrogen-bond acceptors (Lipinski definition) is 4. The second-order valence-corrected chi connectivity index (χ2v) is 8.18. The van der Waals surface area contributed by atoms with Crippen LogP contribution in [0.3, 0.4) is 0 Å². The molecule has 0 bridgehead atoms. The molecule has 28 heavy (non-hydrogen) atoms. The van der Waals surface area contributed by atoms with Crippen molar-refractivity contribution in [1.82, 2.24) is 4.90 Å². The van der Waals surface area contributed by atoms with Crippen LogP contribution in [0.5, 0.6) is 5.75 Å². The van der Waals surface area contributed by atoms with E-state index in [0.29, 0.717) is 12.0 Å². The number of ether oxygens (including phenoxy) is 2. The molecule has 1 aromatic carbocycles. The molecule has 0 N–H and O–H groups in total. The van der Waals surface area contributed by atoms with Crippen molar-refractivity contribution in [2.45, 2.75) is 58.5 Å². The fourth-order valence-corrected chi connectivity index (χ4v) is 4.45. The smallest absolute Gasteiger partial charge is 0.160 e. The van der Waals surface area contributed by atoms with Crippen LogP contribution in [0.1, 0.15) is 57.1 Å². The number of Topliss-reactive ketones (excluding diaryl/α,β-unsaturated/α-hetero) is 1. The second kappa shape index (κ2) is 10.2. The van der Waals surface area contributed by atoms with E-state index in [9.17, 15) is 4.79 Å². The number of methoxy groups -OCH3 is 1. The summed E-state index contributed by atoms with van der Waals surface area (Å²) in [5.74, 6) is 1.46. The Hall–Kier alpha value is -1.65. The van der Waals surface area contributed by atoms with Gasteiger partial charge in [0.2, 0.25) is 0 Å². The number of carbonyl (C=O) groups excluding carboxylic acids is 1. The molecule has 0 saturated carbocycles. The van der Waals surface area contributed by atoms with Crippen LogP contribution in [0.15, 0.2) is 24.3 Å². The Morgan fingerprint density at radius 2 is 2.04 bits per heavy atom. The first-order valence-electron chi connectivity index (χ1n) is 10.8. The van der Waals surface area contributed by atoms with Gasteiger partial charge in [-0.3, -0.25) is 4.79 Å². The lowest BCUT2D eigenvalue weighted by Gasteiger charge is -2.32. The van der Waals surface area contributed by atoms with E-state index in [2.05, 4.69) is 24.0 Å². The average Bonchev–Trinajstić information content (AvgIpc) is 2.72. The number of piperidine rings is 1. The number of carbonyl (C=O) groups is 1. The van der Waals surface area contributed by atoms with E-state index in [0.717, 1.165) is 75.2 Å². The summed E-state index contributed by atoms with van der Waals surface area (Å²) in [6.45, 7) is 8.17. The van der Waals surface area contributed by atoms with Crippen molar-refractivity contribution < 1.29 is 14.3 Å². The van der Waals surface area contributed by atoms with Gasteiger partial charge in [0.1, 0.15) is 5.75 Å². The first kappa shape index (κ1) is 21.1. The Labute approximate surface area is 169 Å². The zero-order valence-electron chi connectivity index (χ0n) is 17.7. The Morgan fingerprint density at radius 3 is 2.71 bits per heavy atom. The van der Waals surface area contributed by atoms with Crippen LogP contribution in [0.2, 0.25) is 0 Å². The largest absolute Gasteiger partial charge is 0.497 e. The molecule has 1 fully saturated rings. The highest BCUT2D eigenvalue weighted by Gasteiger charge is 2.23. The van der Waals surface area contributed by atoms with Gasteiger partial charge in [0.25, 0.3) is 0 Å². The van der Waals surface area contributed by atoms with Gasteiger partial charge in [-0.05, 0) is 81.2 Å². The SMILES string of the molecule is CCCOC1CCN(CCC[C@@H]2C=C(C(C)=O)c3ccc(OC)cc3C2)CC1. The summed E-state index contributed by atoms with van der Waals surface area (Å²) in [5.41, 5.74) is 3.20. The van der Waals surface area contributed by atoms with Gasteiger partial charge in [-0.15, -0.1) is 0 Å². The van der Waals surface area contributed by atoms with Crippen LogP contribution in [0, 0.1) is 5.92 Å². The number of fused-ring (bicyclic) bond motifs is 1. The molecule has 0 aromatic heterocycles. The summed E-state index contributed by atoms with van der Waals surface area (Å²) in [7, 11) is 1.69. The molecule has 1 aliphatic carbocycles. The van der Waals surface area contributed by atoms with E-state index in [1.165, 1.54) is 12.0 Å². The molecule has 4 heteroatoms. The molecular weight excluding hydrogens is 350 g/mol. The van der Waals surface area contributed by atoms with Crippen molar-refractivity contribution in [3.63, 3.8) is 0 Å². The van der Waals surface area contributed by atoms with Gasteiger partial charge in [-0.25, -0.2) is 0 Å². The third-order valence-electron chi connectivity index (χ3n) is 6.01. The molecule has 1 atom stereocenters. The van der Waals surface area contributed by atoms with Crippen molar-refractivity contribution in [1.29, 1.82) is 0 Å². The van der Waals surface area contributed by atoms with E-state index in [1.807, 2.05) is 12.1 Å². The van der Waals surface area contributed by atoms with E-state index in [4.69, 9.17) is 9.47 Å². The van der Waals surface area contributed by atoms with Crippen LogP contribution < -0.4 is 4.74 Å². The van der Waals surface area contributed by atoms with Crippen LogP contribution >= 0.6 is 0 Å². The summed E-state index contributed by atoms with van der Waals surface area (Å²) in [4.78, 5) is 14.7. The normalized spacial score (nSPS) is 20.5. The first-order valence-corrected chi connectivity index (χ1v) is 10.8. The van der Waals surface area contributed by atoms with E-state index in [1.54, 1.807) is 14.0 Å².